The molecule has 2 aromatic carbocycles. The number of amides is 2. The highest BCUT2D eigenvalue weighted by molar-refractivity contribution is 7.83. The van der Waals surface area contributed by atoms with Gasteiger partial charge in [0.25, 0.3) is 5.91 Å². The maximum Gasteiger partial charge on any atom is 0.336 e. The molecule has 5 heterocycles. The number of para-hydroxylation sites is 1. The van der Waals surface area contributed by atoms with E-state index in [1.54, 1.807) is 11.8 Å². The molecule has 1 aliphatic carbocycles. The summed E-state index contributed by atoms with van der Waals surface area (Å²) in [7, 11) is -2.37. The minimum atomic E-state index is -4.41. The highest BCUT2D eigenvalue weighted by atomic mass is 32.2. The molecule has 8 rings (SSSR count). The fraction of sp³-hybridized carbons (Fsp3) is 0.514. The highest BCUT2D eigenvalue weighted by Gasteiger charge is 2.36. The van der Waals surface area contributed by atoms with Crippen LogP contribution in [0.3, 0.4) is 0 Å². The number of piperidine rings is 1. The summed E-state index contributed by atoms with van der Waals surface area (Å²) in [6, 6.07) is 12.2. The van der Waals surface area contributed by atoms with Crippen LogP contribution in [0.4, 0.5) is 0 Å². The van der Waals surface area contributed by atoms with Crippen molar-refractivity contribution in [2.75, 3.05) is 45.9 Å². The molecule has 0 unspecified atom stereocenters. The lowest BCUT2D eigenvalue weighted by Gasteiger charge is -2.37. The van der Waals surface area contributed by atoms with Crippen LogP contribution in [0.25, 0.3) is 33.5 Å². The maximum atomic E-state index is 13.8. The Morgan fingerprint density at radius 3 is 2.56 bits per heavy atom. The first-order valence-corrected chi connectivity index (χ1v) is 18.4. The molecule has 3 aliphatic heterocycles. The third kappa shape index (κ3) is 5.60. The molecular weight excluding hydrogens is 632 g/mol. The maximum absolute atomic E-state index is 13.8. The van der Waals surface area contributed by atoms with E-state index in [0.717, 1.165) is 64.9 Å². The van der Waals surface area contributed by atoms with Gasteiger partial charge in [-0.1, -0.05) is 18.2 Å². The summed E-state index contributed by atoms with van der Waals surface area (Å²) in [4.78, 5) is 34.6. The van der Waals surface area contributed by atoms with Gasteiger partial charge in [-0.25, -0.2) is 4.98 Å². The first-order valence-electron chi connectivity index (χ1n) is 17.1. The van der Waals surface area contributed by atoms with Crippen molar-refractivity contribution in [2.24, 2.45) is 13.0 Å². The largest absolute Gasteiger partial charge is 0.378 e. The van der Waals surface area contributed by atoms with Gasteiger partial charge < -0.3 is 23.7 Å². The van der Waals surface area contributed by atoms with E-state index in [4.69, 9.17) is 9.72 Å². The Hall–Kier alpha value is -3.78. The van der Waals surface area contributed by atoms with Gasteiger partial charge in [0.15, 0.2) is 5.82 Å². The average molecular weight is 675 g/mol. The molecule has 1 atom stereocenters. The summed E-state index contributed by atoms with van der Waals surface area (Å²) < 4.78 is 44.9. The molecule has 0 radical (unpaired) electrons. The number of ether oxygens (including phenoxy) is 1. The molecule has 2 amide bonds. The second-order valence-electron chi connectivity index (χ2n) is 14.0. The monoisotopic (exact) mass is 674 g/mol. The van der Waals surface area contributed by atoms with E-state index in [-0.39, 0.29) is 38.1 Å². The lowest BCUT2D eigenvalue weighted by molar-refractivity contribution is -0.129. The zero-order valence-electron chi connectivity index (χ0n) is 27.5. The first kappa shape index (κ1) is 31.5. The number of likely N-dealkylation sites (tertiary alicyclic amines) is 1. The van der Waals surface area contributed by atoms with Gasteiger partial charge in [0.2, 0.25) is 5.91 Å². The minimum absolute atomic E-state index is 0.0531. The molecule has 2 aromatic heterocycles. The van der Waals surface area contributed by atoms with Crippen molar-refractivity contribution in [2.45, 2.75) is 57.5 Å². The average Bonchev–Trinajstić information content (AvgIpc) is 3.74. The molecule has 1 N–H and O–H groups in total. The molecular formula is C35H42N6O6S. The summed E-state index contributed by atoms with van der Waals surface area (Å²) in [6.45, 7) is 5.11. The van der Waals surface area contributed by atoms with E-state index in [1.165, 1.54) is 29.3 Å². The molecule has 0 bridgehead atoms. The molecule has 48 heavy (non-hydrogen) atoms. The highest BCUT2D eigenvalue weighted by Crippen LogP contribution is 2.41. The van der Waals surface area contributed by atoms with Crippen molar-refractivity contribution < 1.29 is 27.3 Å². The van der Waals surface area contributed by atoms with Gasteiger partial charge in [0.05, 0.1) is 41.5 Å². The summed E-state index contributed by atoms with van der Waals surface area (Å²) in [5.74, 6) is 1.86. The predicted octanol–water partition coefficient (Wildman–Crippen LogP) is 3.83. The Morgan fingerprint density at radius 1 is 1.04 bits per heavy atom. The number of rotatable bonds is 7. The SMILES string of the molecule is CC(=O)N1CCC(c2cccc3cc(-c4nc5cc6c(cc5n4C)CCN(C[C@H]4COCCN4S(=O)(=O)O)C6=O)n(CC4CC4)c23)CC1. The molecule has 0 spiro atoms. The van der Waals surface area contributed by atoms with Crippen molar-refractivity contribution in [3.8, 4) is 11.5 Å². The van der Waals surface area contributed by atoms with Gasteiger partial charge in [0, 0.05) is 64.2 Å². The van der Waals surface area contributed by atoms with Crippen molar-refractivity contribution >= 4 is 44.1 Å². The Morgan fingerprint density at radius 2 is 1.83 bits per heavy atom. The number of hydrogen-bond acceptors (Lipinski definition) is 6. The van der Waals surface area contributed by atoms with Gasteiger partial charge in [-0.3, -0.25) is 14.1 Å². The molecule has 3 fully saturated rings. The number of imidazole rings is 1. The zero-order chi connectivity index (χ0) is 33.3. The van der Waals surface area contributed by atoms with Gasteiger partial charge in [-0.15, -0.1) is 0 Å². The molecule has 1 saturated carbocycles. The quantitative estimate of drug-likeness (QED) is 0.295. The van der Waals surface area contributed by atoms with Crippen LogP contribution in [0, 0.1) is 5.92 Å². The van der Waals surface area contributed by atoms with E-state index in [0.29, 0.717) is 30.4 Å². The lowest BCUT2D eigenvalue weighted by atomic mass is 9.88. The van der Waals surface area contributed by atoms with Crippen LogP contribution in [0.2, 0.25) is 0 Å². The van der Waals surface area contributed by atoms with Gasteiger partial charge >= 0.3 is 10.3 Å². The number of morpholine rings is 1. The van der Waals surface area contributed by atoms with Gasteiger partial charge in [-0.2, -0.15) is 12.7 Å². The number of nitrogens with zero attached hydrogens (tertiary/aromatic N) is 6. The Balaban J connectivity index is 1.14. The number of benzene rings is 2. The van der Waals surface area contributed by atoms with Crippen LogP contribution in [-0.4, -0.2) is 105 Å². The van der Waals surface area contributed by atoms with E-state index in [9.17, 15) is 22.6 Å². The fourth-order valence-corrected chi connectivity index (χ4v) is 8.89. The van der Waals surface area contributed by atoms with Gasteiger partial charge in [0.1, 0.15) is 0 Å². The van der Waals surface area contributed by atoms with Crippen LogP contribution in [-0.2, 0) is 39.8 Å². The number of aromatic nitrogens is 3. The Labute approximate surface area is 280 Å². The normalized spacial score (nSPS) is 21.4. The minimum Gasteiger partial charge on any atom is -0.378 e. The van der Waals surface area contributed by atoms with E-state index in [1.807, 2.05) is 18.0 Å². The van der Waals surface area contributed by atoms with E-state index in [2.05, 4.69) is 39.5 Å². The van der Waals surface area contributed by atoms with Crippen LogP contribution < -0.4 is 0 Å². The number of carbonyl (C=O) groups is 2. The summed E-state index contributed by atoms with van der Waals surface area (Å²) in [5, 5.41) is 1.19. The van der Waals surface area contributed by atoms with E-state index >= 15 is 0 Å². The van der Waals surface area contributed by atoms with Crippen LogP contribution in [0.1, 0.15) is 60.0 Å². The fourth-order valence-electron chi connectivity index (χ4n) is 8.08. The number of aryl methyl sites for hydroxylation is 1. The molecule has 254 valence electrons. The van der Waals surface area contributed by atoms with Crippen LogP contribution in [0.5, 0.6) is 0 Å². The topological polar surface area (TPSA) is 130 Å². The zero-order valence-corrected chi connectivity index (χ0v) is 28.3. The second kappa shape index (κ2) is 12.0. The molecule has 13 heteroatoms. The van der Waals surface area contributed by atoms with Crippen molar-refractivity contribution in [1.29, 1.82) is 0 Å². The third-order valence-corrected chi connectivity index (χ3v) is 11.9. The number of hydrogen-bond donors (Lipinski definition) is 1. The molecule has 2 saturated heterocycles. The number of carbonyl (C=O) groups excluding carboxylic acids is 2. The first-order chi connectivity index (χ1) is 23.1. The standard InChI is InChI=1S/C35H42N6O6S/c1-22(42)38-11-8-24(9-12-38)28-5-3-4-26-17-32(40(33(26)28)19-23-6-7-23)34-36-30-18-29-25(16-31(30)37(34)2)10-13-39(35(29)43)20-27-21-47-15-14-41(27)48(44,45)46/h3-5,16-18,23-24,27H,6-15,19-21H2,1-2H3,(H,44,45,46)/t27-/m0/s1. The lowest BCUT2D eigenvalue weighted by Crippen LogP contribution is -2.55. The van der Waals surface area contributed by atoms with Crippen molar-refractivity contribution in [3.63, 3.8) is 0 Å². The van der Waals surface area contributed by atoms with Crippen LogP contribution in [0.15, 0.2) is 36.4 Å². The smallest absolute Gasteiger partial charge is 0.336 e. The summed E-state index contributed by atoms with van der Waals surface area (Å²) in [6.07, 6.45) is 4.98. The summed E-state index contributed by atoms with van der Waals surface area (Å²) >= 11 is 0. The number of fused-ring (bicyclic) bond motifs is 3. The summed E-state index contributed by atoms with van der Waals surface area (Å²) in [5.41, 5.74) is 6.90. The van der Waals surface area contributed by atoms with Crippen molar-refractivity contribution in [1.82, 2.24) is 28.2 Å². The van der Waals surface area contributed by atoms with E-state index < -0.39 is 16.3 Å². The second-order valence-corrected chi connectivity index (χ2v) is 15.3. The Kier molecular flexibility index (Phi) is 7.85. The molecule has 4 aliphatic rings. The predicted molar refractivity (Wildman–Crippen MR) is 181 cm³/mol. The van der Waals surface area contributed by atoms with Crippen molar-refractivity contribution in [3.05, 3.63) is 53.1 Å². The molecule has 4 aromatic rings. The molecule has 12 nitrogen and oxygen atoms in total. The Bertz CT molecular complexity index is 2040. The van der Waals surface area contributed by atoms with Crippen LogP contribution >= 0.6 is 0 Å². The third-order valence-electron chi connectivity index (χ3n) is 10.9. The van der Waals surface area contributed by atoms with Gasteiger partial charge in [-0.05, 0) is 73.3 Å².